The third-order valence-electron chi connectivity index (χ3n) is 4.49. The highest BCUT2D eigenvalue weighted by Crippen LogP contribution is 2.39. The predicted molar refractivity (Wildman–Crippen MR) is 83.0 cm³/mol. The van der Waals surface area contributed by atoms with Crippen LogP contribution in [0.4, 0.5) is 4.79 Å². The lowest BCUT2D eigenvalue weighted by Gasteiger charge is -2.19. The molecule has 1 amide bonds. The van der Waals surface area contributed by atoms with E-state index < -0.39 is 11.7 Å². The Kier molecular flexibility index (Phi) is 3.72. The lowest BCUT2D eigenvalue weighted by atomic mass is 10.0. The summed E-state index contributed by atoms with van der Waals surface area (Å²) in [4.78, 5) is 18.0. The quantitative estimate of drug-likeness (QED) is 0.925. The number of likely N-dealkylation sites (tertiary alicyclic amines) is 1. The van der Waals surface area contributed by atoms with Crippen molar-refractivity contribution in [2.24, 2.45) is 0 Å². The standard InChI is InChI=1S/C17H19N3O4/c21-16(23-10-12-4-2-1-3-5-12)20-9-8-17(22,11-20)15-18-14(19-24-15)13-6-7-13/h1-5,13,22H,6-11H2. The number of rotatable bonds is 4. The number of benzene rings is 1. The smallest absolute Gasteiger partial charge is 0.410 e. The van der Waals surface area contributed by atoms with E-state index >= 15 is 0 Å². The summed E-state index contributed by atoms with van der Waals surface area (Å²) in [5.41, 5.74) is -0.363. The van der Waals surface area contributed by atoms with Gasteiger partial charge in [0, 0.05) is 18.9 Å². The number of hydrogen-bond acceptors (Lipinski definition) is 6. The van der Waals surface area contributed by atoms with Gasteiger partial charge in [0.15, 0.2) is 11.4 Å². The summed E-state index contributed by atoms with van der Waals surface area (Å²) in [7, 11) is 0. The minimum Gasteiger partial charge on any atom is -0.445 e. The SMILES string of the molecule is O=C(OCc1ccccc1)N1CCC(O)(c2nc(C3CC3)no2)C1. The van der Waals surface area contributed by atoms with Crippen molar-refractivity contribution >= 4 is 6.09 Å². The summed E-state index contributed by atoms with van der Waals surface area (Å²) >= 11 is 0. The molecule has 1 N–H and O–H groups in total. The van der Waals surface area contributed by atoms with E-state index in [2.05, 4.69) is 10.1 Å². The van der Waals surface area contributed by atoms with Gasteiger partial charge in [-0.05, 0) is 18.4 Å². The van der Waals surface area contributed by atoms with Crippen LogP contribution >= 0.6 is 0 Å². The van der Waals surface area contributed by atoms with Crippen LogP contribution in [-0.4, -0.2) is 39.3 Å². The lowest BCUT2D eigenvalue weighted by molar-refractivity contribution is 0.0119. The average molecular weight is 329 g/mol. The first-order chi connectivity index (χ1) is 11.6. The molecule has 1 aliphatic heterocycles. The van der Waals surface area contributed by atoms with Gasteiger partial charge in [0.25, 0.3) is 5.89 Å². The first-order valence-electron chi connectivity index (χ1n) is 8.16. The molecule has 24 heavy (non-hydrogen) atoms. The highest BCUT2D eigenvalue weighted by atomic mass is 16.6. The van der Waals surface area contributed by atoms with Gasteiger partial charge < -0.3 is 19.3 Å². The van der Waals surface area contributed by atoms with Crippen LogP contribution in [0.25, 0.3) is 0 Å². The van der Waals surface area contributed by atoms with Crippen molar-refractivity contribution in [3.63, 3.8) is 0 Å². The minimum atomic E-state index is -1.29. The molecule has 1 aliphatic carbocycles. The van der Waals surface area contributed by atoms with Crippen molar-refractivity contribution < 1.29 is 19.2 Å². The van der Waals surface area contributed by atoms with Gasteiger partial charge in [-0.25, -0.2) is 4.79 Å². The lowest BCUT2D eigenvalue weighted by Crippen LogP contribution is -2.35. The number of hydrogen-bond donors (Lipinski definition) is 1. The second kappa shape index (κ2) is 5.90. The van der Waals surface area contributed by atoms with E-state index in [1.165, 1.54) is 4.90 Å². The van der Waals surface area contributed by atoms with E-state index in [1.54, 1.807) is 0 Å². The highest BCUT2D eigenvalue weighted by molar-refractivity contribution is 5.68. The van der Waals surface area contributed by atoms with Gasteiger partial charge in [0.1, 0.15) is 6.61 Å². The van der Waals surface area contributed by atoms with Gasteiger partial charge >= 0.3 is 6.09 Å². The minimum absolute atomic E-state index is 0.104. The number of nitrogens with zero attached hydrogens (tertiary/aromatic N) is 3. The maximum Gasteiger partial charge on any atom is 0.410 e. The predicted octanol–water partition coefficient (Wildman–Crippen LogP) is 2.18. The van der Waals surface area contributed by atoms with E-state index in [4.69, 9.17) is 9.26 Å². The zero-order valence-electron chi connectivity index (χ0n) is 13.2. The van der Waals surface area contributed by atoms with Crippen molar-refractivity contribution in [2.45, 2.75) is 37.4 Å². The van der Waals surface area contributed by atoms with Gasteiger partial charge in [0.05, 0.1) is 6.54 Å². The van der Waals surface area contributed by atoms with Crippen LogP contribution < -0.4 is 0 Å². The maximum atomic E-state index is 12.2. The van der Waals surface area contributed by atoms with Gasteiger partial charge in [0.2, 0.25) is 0 Å². The topological polar surface area (TPSA) is 88.7 Å². The molecule has 2 heterocycles. The van der Waals surface area contributed by atoms with Crippen LogP contribution in [-0.2, 0) is 16.9 Å². The van der Waals surface area contributed by atoms with Crippen LogP contribution in [0.5, 0.6) is 0 Å². The maximum absolute atomic E-state index is 12.2. The van der Waals surface area contributed by atoms with Crippen LogP contribution in [0.1, 0.15) is 42.5 Å². The number of carbonyl (C=O) groups is 1. The van der Waals surface area contributed by atoms with E-state index in [0.29, 0.717) is 24.7 Å². The van der Waals surface area contributed by atoms with Crippen LogP contribution in [0.2, 0.25) is 0 Å². The van der Waals surface area contributed by atoms with Crippen molar-refractivity contribution in [3.05, 3.63) is 47.6 Å². The number of carbonyl (C=O) groups excluding carboxylic acids is 1. The molecule has 0 radical (unpaired) electrons. The molecule has 1 aromatic carbocycles. The molecule has 1 saturated carbocycles. The Balaban J connectivity index is 1.36. The molecule has 1 atom stereocenters. The second-order valence-electron chi connectivity index (χ2n) is 6.48. The molecule has 1 saturated heterocycles. The molecule has 2 aromatic rings. The Labute approximate surface area is 139 Å². The van der Waals surface area contributed by atoms with E-state index in [0.717, 1.165) is 18.4 Å². The Hall–Kier alpha value is -2.41. The van der Waals surface area contributed by atoms with Crippen molar-refractivity contribution in [3.8, 4) is 0 Å². The molecule has 1 aromatic heterocycles. The fourth-order valence-corrected chi connectivity index (χ4v) is 2.87. The van der Waals surface area contributed by atoms with E-state index in [1.807, 2.05) is 30.3 Å². The van der Waals surface area contributed by atoms with Gasteiger partial charge in [-0.15, -0.1) is 0 Å². The highest BCUT2D eigenvalue weighted by Gasteiger charge is 2.45. The van der Waals surface area contributed by atoms with Crippen LogP contribution in [0, 0.1) is 0 Å². The Morgan fingerprint density at radius 2 is 2.17 bits per heavy atom. The molecular formula is C17H19N3O4. The molecule has 2 fully saturated rings. The number of amides is 1. The summed E-state index contributed by atoms with van der Waals surface area (Å²) in [5.74, 6) is 1.21. The molecular weight excluding hydrogens is 310 g/mol. The van der Waals surface area contributed by atoms with Gasteiger partial charge in [-0.3, -0.25) is 0 Å². The van der Waals surface area contributed by atoms with Crippen molar-refractivity contribution in [1.82, 2.24) is 15.0 Å². The second-order valence-corrected chi connectivity index (χ2v) is 6.48. The summed E-state index contributed by atoms with van der Waals surface area (Å²) in [5, 5.41) is 14.7. The van der Waals surface area contributed by atoms with Crippen molar-refractivity contribution in [2.75, 3.05) is 13.1 Å². The zero-order valence-corrected chi connectivity index (χ0v) is 13.2. The Morgan fingerprint density at radius 3 is 2.92 bits per heavy atom. The van der Waals surface area contributed by atoms with Crippen LogP contribution in [0.15, 0.2) is 34.9 Å². The van der Waals surface area contributed by atoms with Crippen LogP contribution in [0.3, 0.4) is 0 Å². The zero-order chi connectivity index (χ0) is 16.6. The van der Waals surface area contributed by atoms with Gasteiger partial charge in [-0.1, -0.05) is 35.5 Å². The number of aromatic nitrogens is 2. The Morgan fingerprint density at radius 1 is 1.38 bits per heavy atom. The molecule has 0 spiro atoms. The number of β-amino-alcohol motifs (C(OH)–C–C–N with tert-alkyl or cyclic N) is 1. The fourth-order valence-electron chi connectivity index (χ4n) is 2.87. The summed E-state index contributed by atoms with van der Waals surface area (Å²) in [6.45, 7) is 0.708. The molecule has 1 unspecified atom stereocenters. The van der Waals surface area contributed by atoms with E-state index in [-0.39, 0.29) is 19.0 Å². The number of aliphatic hydroxyl groups is 1. The number of ether oxygens (including phenoxy) is 1. The first kappa shape index (κ1) is 15.1. The molecule has 4 rings (SSSR count). The molecule has 2 aliphatic rings. The average Bonchev–Trinajstić information content (AvgIpc) is 3.18. The summed E-state index contributed by atoms with van der Waals surface area (Å²) < 4.78 is 10.5. The van der Waals surface area contributed by atoms with Crippen molar-refractivity contribution in [1.29, 1.82) is 0 Å². The normalized spacial score (nSPS) is 23.5. The van der Waals surface area contributed by atoms with Gasteiger partial charge in [-0.2, -0.15) is 4.98 Å². The molecule has 0 bridgehead atoms. The first-order valence-corrected chi connectivity index (χ1v) is 8.16. The molecule has 126 valence electrons. The largest absolute Gasteiger partial charge is 0.445 e. The Bertz CT molecular complexity index is 728. The van der Waals surface area contributed by atoms with E-state index in [9.17, 15) is 9.90 Å². The summed E-state index contributed by atoms with van der Waals surface area (Å²) in [6, 6.07) is 9.48. The molecule has 7 nitrogen and oxygen atoms in total. The summed E-state index contributed by atoms with van der Waals surface area (Å²) in [6.07, 6.45) is 2.04. The third kappa shape index (κ3) is 2.99. The monoisotopic (exact) mass is 329 g/mol. The molecule has 7 heteroatoms. The fraction of sp³-hybridized carbons (Fsp3) is 0.471. The third-order valence-corrected chi connectivity index (χ3v) is 4.49.